The van der Waals surface area contributed by atoms with Crippen LogP contribution in [0.4, 0.5) is 0 Å². The van der Waals surface area contributed by atoms with Gasteiger partial charge >= 0.3 is 0 Å². The standard InChI is InChI=1S/C22H23N3O2S/c1-15-7-9-19(10-8-15)25-21(26)12-11-20(24-25)28-17(3)22(27)23-14-18-6-4-5-16(2)13-18/h4-13,17H,14H2,1-3H3,(H,23,27)/t17-/m0/s1. The van der Waals surface area contributed by atoms with Gasteiger partial charge in [0.05, 0.1) is 10.9 Å². The van der Waals surface area contributed by atoms with Crippen LogP contribution < -0.4 is 10.9 Å². The molecule has 1 amide bonds. The Bertz CT molecular complexity index is 1030. The van der Waals surface area contributed by atoms with Crippen LogP contribution in [0.1, 0.15) is 23.6 Å². The largest absolute Gasteiger partial charge is 0.351 e. The van der Waals surface area contributed by atoms with Crippen molar-refractivity contribution in [1.29, 1.82) is 0 Å². The number of carbonyl (C=O) groups is 1. The van der Waals surface area contributed by atoms with Crippen molar-refractivity contribution < 1.29 is 4.79 Å². The number of nitrogens with one attached hydrogen (secondary N) is 1. The Morgan fingerprint density at radius 3 is 2.54 bits per heavy atom. The van der Waals surface area contributed by atoms with Crippen molar-refractivity contribution in [3.05, 3.63) is 87.7 Å². The summed E-state index contributed by atoms with van der Waals surface area (Å²) >= 11 is 1.33. The fraction of sp³-hybridized carbons (Fsp3) is 0.227. The molecule has 6 heteroatoms. The van der Waals surface area contributed by atoms with Gasteiger partial charge in [-0.2, -0.15) is 9.78 Å². The van der Waals surface area contributed by atoms with Crippen LogP contribution >= 0.6 is 11.8 Å². The molecule has 28 heavy (non-hydrogen) atoms. The second-order valence-electron chi connectivity index (χ2n) is 6.72. The van der Waals surface area contributed by atoms with E-state index in [1.54, 1.807) is 6.07 Å². The molecule has 2 aromatic carbocycles. The lowest BCUT2D eigenvalue weighted by atomic mass is 10.1. The Balaban J connectivity index is 1.67. The first kappa shape index (κ1) is 19.9. The van der Waals surface area contributed by atoms with Gasteiger partial charge in [0.1, 0.15) is 5.03 Å². The first-order valence-electron chi connectivity index (χ1n) is 9.10. The van der Waals surface area contributed by atoms with Crippen molar-refractivity contribution >= 4 is 17.7 Å². The molecule has 1 aromatic heterocycles. The Hall–Kier alpha value is -2.86. The van der Waals surface area contributed by atoms with Gasteiger partial charge in [-0.3, -0.25) is 9.59 Å². The molecule has 0 aliphatic heterocycles. The van der Waals surface area contributed by atoms with Gasteiger partial charge in [-0.1, -0.05) is 59.3 Å². The zero-order valence-corrected chi connectivity index (χ0v) is 17.0. The molecule has 5 nitrogen and oxygen atoms in total. The molecule has 0 unspecified atom stereocenters. The third kappa shape index (κ3) is 5.10. The van der Waals surface area contributed by atoms with Gasteiger partial charge in [-0.05, 0) is 44.5 Å². The van der Waals surface area contributed by atoms with E-state index in [0.29, 0.717) is 17.3 Å². The van der Waals surface area contributed by atoms with Crippen LogP contribution in [0.25, 0.3) is 5.69 Å². The van der Waals surface area contributed by atoms with E-state index in [0.717, 1.165) is 16.7 Å². The molecule has 0 spiro atoms. The van der Waals surface area contributed by atoms with Gasteiger partial charge in [0.25, 0.3) is 5.56 Å². The summed E-state index contributed by atoms with van der Waals surface area (Å²) in [5.41, 5.74) is 3.84. The summed E-state index contributed by atoms with van der Waals surface area (Å²) in [4.78, 5) is 24.6. The molecule has 1 heterocycles. The number of nitrogens with zero attached hydrogens (tertiary/aromatic N) is 2. The second kappa shape index (κ2) is 8.89. The lowest BCUT2D eigenvalue weighted by Crippen LogP contribution is -2.30. The molecule has 3 aromatic rings. The minimum absolute atomic E-state index is 0.0682. The van der Waals surface area contributed by atoms with Gasteiger partial charge in [0, 0.05) is 12.6 Å². The molecule has 3 rings (SSSR count). The minimum Gasteiger partial charge on any atom is -0.351 e. The number of benzene rings is 2. The van der Waals surface area contributed by atoms with Gasteiger partial charge in [0.15, 0.2) is 0 Å². The summed E-state index contributed by atoms with van der Waals surface area (Å²) in [7, 11) is 0. The summed E-state index contributed by atoms with van der Waals surface area (Å²) in [6.07, 6.45) is 0. The third-order valence-corrected chi connectivity index (χ3v) is 5.30. The molecule has 0 aliphatic rings. The highest BCUT2D eigenvalue weighted by Gasteiger charge is 2.16. The van der Waals surface area contributed by atoms with E-state index in [9.17, 15) is 9.59 Å². The molecule has 0 aliphatic carbocycles. The molecular formula is C22H23N3O2S. The first-order valence-corrected chi connectivity index (χ1v) is 9.98. The number of carbonyl (C=O) groups excluding carboxylic acids is 1. The monoisotopic (exact) mass is 393 g/mol. The van der Waals surface area contributed by atoms with E-state index >= 15 is 0 Å². The maximum Gasteiger partial charge on any atom is 0.271 e. The smallest absolute Gasteiger partial charge is 0.271 e. The number of hydrogen-bond acceptors (Lipinski definition) is 4. The number of aryl methyl sites for hydroxylation is 2. The van der Waals surface area contributed by atoms with Crippen LogP contribution in [0.3, 0.4) is 0 Å². The van der Waals surface area contributed by atoms with E-state index in [1.165, 1.54) is 22.5 Å². The highest BCUT2D eigenvalue weighted by molar-refractivity contribution is 8.00. The molecule has 1 N–H and O–H groups in total. The summed E-state index contributed by atoms with van der Waals surface area (Å²) in [6, 6.07) is 18.8. The predicted octanol–water partition coefficient (Wildman–Crippen LogP) is 3.65. The van der Waals surface area contributed by atoms with E-state index in [2.05, 4.69) is 16.5 Å². The normalized spacial score (nSPS) is 11.8. The summed E-state index contributed by atoms with van der Waals surface area (Å²) < 4.78 is 1.36. The van der Waals surface area contributed by atoms with Gasteiger partial charge < -0.3 is 5.32 Å². The Kier molecular flexibility index (Phi) is 6.31. The number of aromatic nitrogens is 2. The Labute approximate surface area is 168 Å². The Morgan fingerprint density at radius 1 is 1.07 bits per heavy atom. The van der Waals surface area contributed by atoms with E-state index < -0.39 is 0 Å². The van der Waals surface area contributed by atoms with Gasteiger partial charge in [-0.15, -0.1) is 0 Å². The lowest BCUT2D eigenvalue weighted by molar-refractivity contribution is -0.120. The minimum atomic E-state index is -0.332. The predicted molar refractivity (Wildman–Crippen MR) is 113 cm³/mol. The summed E-state index contributed by atoms with van der Waals surface area (Å²) in [5, 5.41) is 7.66. The van der Waals surface area contributed by atoms with Crippen molar-refractivity contribution in [3.8, 4) is 5.69 Å². The lowest BCUT2D eigenvalue weighted by Gasteiger charge is -2.13. The summed E-state index contributed by atoms with van der Waals surface area (Å²) in [6.45, 7) is 6.34. The first-order chi connectivity index (χ1) is 13.4. The van der Waals surface area contributed by atoms with Gasteiger partial charge in [0.2, 0.25) is 5.91 Å². The fourth-order valence-electron chi connectivity index (χ4n) is 2.72. The van der Waals surface area contributed by atoms with Crippen molar-refractivity contribution in [2.45, 2.75) is 37.6 Å². The van der Waals surface area contributed by atoms with Gasteiger partial charge in [-0.25, -0.2) is 0 Å². The zero-order chi connectivity index (χ0) is 20.1. The molecule has 0 bridgehead atoms. The molecule has 144 valence electrons. The van der Waals surface area contributed by atoms with Crippen molar-refractivity contribution in [2.75, 3.05) is 0 Å². The highest BCUT2D eigenvalue weighted by Crippen LogP contribution is 2.21. The van der Waals surface area contributed by atoms with E-state index in [4.69, 9.17) is 0 Å². The van der Waals surface area contributed by atoms with Crippen molar-refractivity contribution in [3.63, 3.8) is 0 Å². The zero-order valence-electron chi connectivity index (χ0n) is 16.2. The highest BCUT2D eigenvalue weighted by atomic mass is 32.2. The van der Waals surface area contributed by atoms with Crippen LogP contribution in [0.15, 0.2) is 70.5 Å². The van der Waals surface area contributed by atoms with Crippen molar-refractivity contribution in [2.24, 2.45) is 0 Å². The van der Waals surface area contributed by atoms with E-state index in [-0.39, 0.29) is 16.7 Å². The van der Waals surface area contributed by atoms with Crippen molar-refractivity contribution in [1.82, 2.24) is 15.1 Å². The number of thioether (sulfide) groups is 1. The number of amides is 1. The maximum atomic E-state index is 12.4. The van der Waals surface area contributed by atoms with Crippen LogP contribution in [-0.4, -0.2) is 20.9 Å². The second-order valence-corrected chi connectivity index (χ2v) is 8.09. The average molecular weight is 394 g/mol. The third-order valence-electron chi connectivity index (χ3n) is 4.27. The number of hydrogen-bond donors (Lipinski definition) is 1. The molecule has 0 radical (unpaired) electrons. The SMILES string of the molecule is Cc1ccc(-n2nc(S[C@@H](C)C(=O)NCc3cccc(C)c3)ccc2=O)cc1. The summed E-state index contributed by atoms with van der Waals surface area (Å²) in [5.74, 6) is -0.0682. The Morgan fingerprint density at radius 2 is 1.82 bits per heavy atom. The molecule has 0 fully saturated rings. The number of rotatable bonds is 6. The van der Waals surface area contributed by atoms with Crippen LogP contribution in [0, 0.1) is 13.8 Å². The quantitative estimate of drug-likeness (QED) is 0.650. The fourth-order valence-corrected chi connectivity index (χ4v) is 3.55. The molecular weight excluding hydrogens is 370 g/mol. The van der Waals surface area contributed by atoms with Crippen LogP contribution in [0.2, 0.25) is 0 Å². The molecule has 0 saturated carbocycles. The van der Waals surface area contributed by atoms with Crippen LogP contribution in [-0.2, 0) is 11.3 Å². The average Bonchev–Trinajstić information content (AvgIpc) is 2.68. The van der Waals surface area contributed by atoms with E-state index in [1.807, 2.05) is 63.2 Å². The molecule has 0 saturated heterocycles. The molecule has 1 atom stereocenters. The van der Waals surface area contributed by atoms with Crippen LogP contribution in [0.5, 0.6) is 0 Å². The maximum absolute atomic E-state index is 12.4. The topological polar surface area (TPSA) is 64.0 Å².